The molecule has 0 bridgehead atoms. The van der Waals surface area contributed by atoms with Crippen LogP contribution in [0.3, 0.4) is 0 Å². The van der Waals surface area contributed by atoms with Gasteiger partial charge in [0.1, 0.15) is 17.7 Å². The first-order valence-electron chi connectivity index (χ1n) is 4.93. The zero-order valence-corrected chi connectivity index (χ0v) is 8.97. The largest absolute Gasteiger partial charge is 0.385 e. The Kier molecular flexibility index (Phi) is 2.97. The van der Waals surface area contributed by atoms with Crippen LogP contribution in [0.15, 0.2) is 6.33 Å². The number of hydrogen-bond acceptors (Lipinski definition) is 6. The van der Waals surface area contributed by atoms with Crippen molar-refractivity contribution in [1.29, 1.82) is 0 Å². The summed E-state index contributed by atoms with van der Waals surface area (Å²) in [4.78, 5) is 15.2. The van der Waals surface area contributed by atoms with E-state index in [1.807, 2.05) is 0 Å². The number of nitrogen functional groups attached to an aromatic ring is 1. The van der Waals surface area contributed by atoms with Gasteiger partial charge in [0.2, 0.25) is 0 Å². The highest BCUT2D eigenvalue weighted by atomic mass is 16.5. The molecule has 0 aliphatic heterocycles. The fourth-order valence-electron chi connectivity index (χ4n) is 1.42. The van der Waals surface area contributed by atoms with Gasteiger partial charge in [-0.2, -0.15) is 0 Å². The fraction of sp³-hybridized carbons (Fsp3) is 0.444. The highest BCUT2D eigenvalue weighted by Gasteiger charge is 2.13. The van der Waals surface area contributed by atoms with E-state index in [0.29, 0.717) is 35.8 Å². The van der Waals surface area contributed by atoms with Gasteiger partial charge < -0.3 is 21.2 Å². The SMILES string of the molecule is COCCC(N)c1nc2ncnc(N)c2[nH]1. The number of ether oxygens (including phenoxy) is 1. The van der Waals surface area contributed by atoms with Crippen LogP contribution in [0.4, 0.5) is 5.82 Å². The third-order valence-electron chi connectivity index (χ3n) is 2.32. The normalized spacial score (nSPS) is 13.1. The Morgan fingerprint density at radius 1 is 1.50 bits per heavy atom. The topological polar surface area (TPSA) is 116 Å². The average Bonchev–Trinajstić information content (AvgIpc) is 2.71. The number of H-pyrrole nitrogens is 1. The van der Waals surface area contributed by atoms with Crippen LogP contribution < -0.4 is 11.5 Å². The monoisotopic (exact) mass is 222 g/mol. The summed E-state index contributed by atoms with van der Waals surface area (Å²) < 4.78 is 4.96. The number of aromatic nitrogens is 4. The number of anilines is 1. The van der Waals surface area contributed by atoms with Crippen LogP contribution in [0.25, 0.3) is 11.2 Å². The van der Waals surface area contributed by atoms with E-state index in [1.165, 1.54) is 6.33 Å². The van der Waals surface area contributed by atoms with Crippen LogP contribution in [0.2, 0.25) is 0 Å². The lowest BCUT2D eigenvalue weighted by Crippen LogP contribution is -2.14. The summed E-state index contributed by atoms with van der Waals surface area (Å²) in [5.41, 5.74) is 12.8. The smallest absolute Gasteiger partial charge is 0.183 e. The van der Waals surface area contributed by atoms with E-state index >= 15 is 0 Å². The third-order valence-corrected chi connectivity index (χ3v) is 2.32. The fourth-order valence-corrected chi connectivity index (χ4v) is 1.42. The number of fused-ring (bicyclic) bond motifs is 1. The molecule has 0 radical (unpaired) electrons. The van der Waals surface area contributed by atoms with Crippen molar-refractivity contribution in [3.63, 3.8) is 0 Å². The summed E-state index contributed by atoms with van der Waals surface area (Å²) in [7, 11) is 1.63. The molecule has 2 aromatic heterocycles. The molecule has 0 amide bonds. The van der Waals surface area contributed by atoms with Crippen molar-refractivity contribution >= 4 is 17.0 Å². The maximum Gasteiger partial charge on any atom is 0.183 e. The summed E-state index contributed by atoms with van der Waals surface area (Å²) in [6, 6.07) is -0.214. The first-order valence-corrected chi connectivity index (χ1v) is 4.93. The maximum absolute atomic E-state index is 5.93. The minimum Gasteiger partial charge on any atom is -0.385 e. The van der Waals surface area contributed by atoms with Gasteiger partial charge in [-0.15, -0.1) is 0 Å². The van der Waals surface area contributed by atoms with E-state index in [0.717, 1.165) is 0 Å². The summed E-state index contributed by atoms with van der Waals surface area (Å²) in [6.45, 7) is 0.583. The van der Waals surface area contributed by atoms with Crippen molar-refractivity contribution < 1.29 is 4.74 Å². The molecule has 2 rings (SSSR count). The molecule has 0 saturated carbocycles. The van der Waals surface area contributed by atoms with Gasteiger partial charge in [0.25, 0.3) is 0 Å². The number of hydrogen-bond donors (Lipinski definition) is 3. The molecule has 2 heterocycles. The number of nitrogens with two attached hydrogens (primary N) is 2. The molecular formula is C9H14N6O. The molecule has 7 heteroatoms. The van der Waals surface area contributed by atoms with E-state index in [4.69, 9.17) is 16.2 Å². The van der Waals surface area contributed by atoms with E-state index in [1.54, 1.807) is 7.11 Å². The van der Waals surface area contributed by atoms with E-state index in [9.17, 15) is 0 Å². The van der Waals surface area contributed by atoms with Crippen molar-refractivity contribution in [3.05, 3.63) is 12.2 Å². The second-order valence-electron chi connectivity index (χ2n) is 3.47. The van der Waals surface area contributed by atoms with Crippen molar-refractivity contribution in [3.8, 4) is 0 Å². The zero-order valence-electron chi connectivity index (χ0n) is 8.97. The molecule has 0 aliphatic rings. The van der Waals surface area contributed by atoms with Crippen LogP contribution in [-0.4, -0.2) is 33.7 Å². The van der Waals surface area contributed by atoms with Crippen molar-refractivity contribution in [2.45, 2.75) is 12.5 Å². The van der Waals surface area contributed by atoms with E-state index in [-0.39, 0.29) is 6.04 Å². The first kappa shape index (κ1) is 10.8. The molecule has 0 saturated heterocycles. The van der Waals surface area contributed by atoms with Gasteiger partial charge in [-0.05, 0) is 6.42 Å². The number of nitrogens with zero attached hydrogens (tertiary/aromatic N) is 3. The zero-order chi connectivity index (χ0) is 11.5. The summed E-state index contributed by atoms with van der Waals surface area (Å²) in [5.74, 6) is 1.03. The van der Waals surface area contributed by atoms with Gasteiger partial charge in [-0.1, -0.05) is 0 Å². The van der Waals surface area contributed by atoms with Crippen LogP contribution in [-0.2, 0) is 4.74 Å². The Hall–Kier alpha value is -1.73. The maximum atomic E-state index is 5.93. The molecule has 1 atom stereocenters. The predicted octanol–water partition coefficient (Wildman–Crippen LogP) is -0.0286. The van der Waals surface area contributed by atoms with Gasteiger partial charge in [-0.25, -0.2) is 15.0 Å². The Balaban J connectivity index is 2.29. The molecule has 0 fully saturated rings. The lowest BCUT2D eigenvalue weighted by atomic mass is 10.2. The summed E-state index contributed by atoms with van der Waals surface area (Å²) in [5, 5.41) is 0. The van der Waals surface area contributed by atoms with Crippen LogP contribution in [0, 0.1) is 0 Å². The van der Waals surface area contributed by atoms with Crippen LogP contribution in [0.1, 0.15) is 18.3 Å². The Morgan fingerprint density at radius 3 is 3.00 bits per heavy atom. The molecule has 5 N–H and O–H groups in total. The average molecular weight is 222 g/mol. The quantitative estimate of drug-likeness (QED) is 0.669. The van der Waals surface area contributed by atoms with Crippen molar-refractivity contribution in [1.82, 2.24) is 19.9 Å². The Bertz CT molecular complexity index is 482. The highest BCUT2D eigenvalue weighted by Crippen LogP contribution is 2.17. The van der Waals surface area contributed by atoms with Gasteiger partial charge in [0.05, 0.1) is 6.04 Å². The lowest BCUT2D eigenvalue weighted by Gasteiger charge is -2.06. The van der Waals surface area contributed by atoms with E-state index < -0.39 is 0 Å². The number of imidazole rings is 1. The van der Waals surface area contributed by atoms with Gasteiger partial charge >= 0.3 is 0 Å². The second-order valence-corrected chi connectivity index (χ2v) is 3.47. The molecule has 16 heavy (non-hydrogen) atoms. The van der Waals surface area contributed by atoms with Crippen LogP contribution >= 0.6 is 0 Å². The standard InChI is InChI=1S/C9H14N6O/c1-16-3-2-5(10)8-14-6-7(11)12-4-13-9(6)15-8/h4-5H,2-3,10H2,1H3,(H3,11,12,13,14,15). The lowest BCUT2D eigenvalue weighted by molar-refractivity contribution is 0.187. The van der Waals surface area contributed by atoms with Gasteiger partial charge in [0.15, 0.2) is 11.5 Å². The van der Waals surface area contributed by atoms with E-state index in [2.05, 4.69) is 19.9 Å². The Morgan fingerprint density at radius 2 is 2.31 bits per heavy atom. The molecule has 0 aliphatic carbocycles. The Labute approximate surface area is 92.2 Å². The highest BCUT2D eigenvalue weighted by molar-refractivity contribution is 5.81. The number of rotatable bonds is 4. The van der Waals surface area contributed by atoms with Crippen molar-refractivity contribution in [2.24, 2.45) is 5.73 Å². The molecule has 7 nitrogen and oxygen atoms in total. The minimum absolute atomic E-state index is 0.214. The second kappa shape index (κ2) is 4.42. The number of nitrogens with one attached hydrogen (secondary N) is 1. The minimum atomic E-state index is -0.214. The predicted molar refractivity (Wildman–Crippen MR) is 59.5 cm³/mol. The molecule has 2 aromatic rings. The summed E-state index contributed by atoms with van der Waals surface area (Å²) in [6.07, 6.45) is 2.06. The third kappa shape index (κ3) is 1.95. The molecule has 0 aromatic carbocycles. The van der Waals surface area contributed by atoms with Crippen molar-refractivity contribution in [2.75, 3.05) is 19.5 Å². The number of methoxy groups -OCH3 is 1. The number of aromatic amines is 1. The molecule has 1 unspecified atom stereocenters. The molecular weight excluding hydrogens is 208 g/mol. The summed E-state index contributed by atoms with van der Waals surface area (Å²) >= 11 is 0. The van der Waals surface area contributed by atoms with Gasteiger partial charge in [0, 0.05) is 13.7 Å². The first-order chi connectivity index (χ1) is 7.72. The molecule has 0 spiro atoms. The van der Waals surface area contributed by atoms with Gasteiger partial charge in [-0.3, -0.25) is 0 Å². The van der Waals surface area contributed by atoms with Crippen LogP contribution in [0.5, 0.6) is 0 Å². The molecule has 86 valence electrons.